The molecule has 0 nitrogen and oxygen atoms in total. The highest BCUT2D eigenvalue weighted by atomic mass is 19.3. The Morgan fingerprint density at radius 2 is 1.03 bits per heavy atom. The van der Waals surface area contributed by atoms with Crippen LogP contribution in [0.25, 0.3) is 0 Å². The van der Waals surface area contributed by atoms with Gasteiger partial charge >= 0.3 is 0 Å². The smallest absolute Gasteiger partial charge is 0.207 e. The van der Waals surface area contributed by atoms with Gasteiger partial charge in [0.15, 0.2) is 0 Å². The maximum Gasteiger partial charge on any atom is 0.245 e. The molecule has 0 rings (SSSR count). The van der Waals surface area contributed by atoms with Crippen molar-refractivity contribution in [1.29, 1.82) is 0 Å². The summed E-state index contributed by atoms with van der Waals surface area (Å²) in [6, 6.07) is 0. The first-order chi connectivity index (χ1) is 16.3. The SMILES string of the molecule is CC(C)(C)CCCCCCC(C)(F)F.CC/C=C\CCCCC(C)(C)C.CCCC#CCC(C)(C)C. The summed E-state index contributed by atoms with van der Waals surface area (Å²) in [5, 5.41) is 0. The lowest BCUT2D eigenvalue weighted by Crippen LogP contribution is -2.08. The third kappa shape index (κ3) is 50.1. The second-order valence-electron chi connectivity index (χ2n) is 14.1. The Kier molecular flexibility index (Phi) is 24.4. The molecule has 0 aromatic carbocycles. The molecule has 0 bridgehead atoms. The van der Waals surface area contributed by atoms with Crippen LogP contribution in [0, 0.1) is 28.1 Å². The Hall–Kier alpha value is -0.840. The monoisotopic (exact) mass is 513 g/mol. The predicted molar refractivity (Wildman–Crippen MR) is 162 cm³/mol. The molecule has 0 fully saturated rings. The van der Waals surface area contributed by atoms with Crippen molar-refractivity contribution in [3.63, 3.8) is 0 Å². The van der Waals surface area contributed by atoms with E-state index in [1.165, 1.54) is 51.4 Å². The molecular formula is C34H66F2. The van der Waals surface area contributed by atoms with E-state index in [0.29, 0.717) is 22.7 Å². The highest BCUT2D eigenvalue weighted by Gasteiger charge is 2.19. The number of rotatable bonds is 12. The maximum absolute atomic E-state index is 12.4. The third-order valence-corrected chi connectivity index (χ3v) is 5.36. The first-order valence-corrected chi connectivity index (χ1v) is 14.8. The van der Waals surface area contributed by atoms with Crippen LogP contribution in [0.3, 0.4) is 0 Å². The molecule has 0 N–H and O–H groups in total. The standard InChI is InChI=1S/C12H24F2.C12H24.C10H18/c1-11(2,3)9-7-5-6-8-10-12(4,13)14;1-5-6-7-8-9-10-11-12(2,3)4;1-5-6-7-8-9-10(2,3)4/h5-10H2,1-4H3;6-7H,5,8-11H2,1-4H3;5-6,9H2,1-4H3/b;7-6-;. The molecule has 216 valence electrons. The summed E-state index contributed by atoms with van der Waals surface area (Å²) in [5.74, 6) is 3.85. The van der Waals surface area contributed by atoms with Crippen molar-refractivity contribution >= 4 is 0 Å². The van der Waals surface area contributed by atoms with Gasteiger partial charge < -0.3 is 0 Å². The first kappa shape index (κ1) is 39.7. The van der Waals surface area contributed by atoms with E-state index in [2.05, 4.69) is 100 Å². The Morgan fingerprint density at radius 3 is 1.42 bits per heavy atom. The summed E-state index contributed by atoms with van der Waals surface area (Å²) in [6.45, 7) is 25.6. The van der Waals surface area contributed by atoms with Crippen LogP contribution in [0.15, 0.2) is 12.2 Å². The van der Waals surface area contributed by atoms with Gasteiger partial charge in [0.1, 0.15) is 0 Å². The molecule has 0 aromatic heterocycles. The number of hydrogen-bond donors (Lipinski definition) is 0. The van der Waals surface area contributed by atoms with E-state index in [1.54, 1.807) is 0 Å². The second-order valence-corrected chi connectivity index (χ2v) is 14.1. The number of unbranched alkanes of at least 4 members (excludes halogenated alkanes) is 6. The van der Waals surface area contributed by atoms with Crippen LogP contribution in [-0.4, -0.2) is 5.92 Å². The van der Waals surface area contributed by atoms with Gasteiger partial charge in [-0.2, -0.15) is 0 Å². The minimum atomic E-state index is -2.47. The third-order valence-electron chi connectivity index (χ3n) is 5.36. The molecule has 0 saturated carbocycles. The van der Waals surface area contributed by atoms with Gasteiger partial charge in [-0.05, 0) is 68.1 Å². The summed E-state index contributed by atoms with van der Waals surface area (Å²) in [6.07, 6.45) is 19.4. The van der Waals surface area contributed by atoms with Gasteiger partial charge in [0.25, 0.3) is 0 Å². The Labute approximate surface area is 227 Å². The van der Waals surface area contributed by atoms with Gasteiger partial charge in [-0.15, -0.1) is 11.8 Å². The average Bonchev–Trinajstić information content (AvgIpc) is 2.69. The molecule has 0 spiro atoms. The molecule has 2 heteroatoms. The minimum absolute atomic E-state index is 0.0442. The lowest BCUT2D eigenvalue weighted by Gasteiger charge is -2.17. The topological polar surface area (TPSA) is 0 Å². The van der Waals surface area contributed by atoms with Crippen molar-refractivity contribution in [2.75, 3.05) is 0 Å². The fraction of sp³-hybridized carbons (Fsp3) is 0.882. The largest absolute Gasteiger partial charge is 0.245 e. The van der Waals surface area contributed by atoms with Crippen molar-refractivity contribution in [2.45, 2.75) is 179 Å². The lowest BCUT2D eigenvalue weighted by molar-refractivity contribution is 0.0103. The Morgan fingerprint density at radius 1 is 0.556 bits per heavy atom. The molecule has 0 aliphatic heterocycles. The average molecular weight is 513 g/mol. The van der Waals surface area contributed by atoms with E-state index >= 15 is 0 Å². The summed E-state index contributed by atoms with van der Waals surface area (Å²) < 4.78 is 24.8. The normalized spacial score (nSPS) is 12.3. The van der Waals surface area contributed by atoms with E-state index in [4.69, 9.17) is 0 Å². The Bertz CT molecular complexity index is 530. The van der Waals surface area contributed by atoms with E-state index in [-0.39, 0.29) is 6.42 Å². The summed E-state index contributed by atoms with van der Waals surface area (Å²) in [4.78, 5) is 0. The van der Waals surface area contributed by atoms with Gasteiger partial charge in [0.05, 0.1) is 0 Å². The van der Waals surface area contributed by atoms with Crippen molar-refractivity contribution < 1.29 is 8.78 Å². The summed E-state index contributed by atoms with van der Waals surface area (Å²) >= 11 is 0. The highest BCUT2D eigenvalue weighted by Crippen LogP contribution is 2.24. The second kappa shape index (κ2) is 22.2. The van der Waals surface area contributed by atoms with Crippen LogP contribution in [0.2, 0.25) is 0 Å². The molecule has 0 aliphatic rings. The molecule has 0 heterocycles. The fourth-order valence-corrected chi connectivity index (χ4v) is 3.19. The molecule has 0 amide bonds. The number of halogens is 2. The van der Waals surface area contributed by atoms with Crippen LogP contribution >= 0.6 is 0 Å². The molecule has 0 aromatic rings. The molecule has 0 radical (unpaired) electrons. The first-order valence-electron chi connectivity index (χ1n) is 14.8. The van der Waals surface area contributed by atoms with Gasteiger partial charge in [-0.25, -0.2) is 8.78 Å². The van der Waals surface area contributed by atoms with Crippen molar-refractivity contribution in [3.8, 4) is 11.8 Å². The van der Waals surface area contributed by atoms with Crippen molar-refractivity contribution in [1.82, 2.24) is 0 Å². The van der Waals surface area contributed by atoms with Crippen LogP contribution in [0.5, 0.6) is 0 Å². The molecule has 0 atom stereocenters. The quantitative estimate of drug-likeness (QED) is 0.138. The summed E-state index contributed by atoms with van der Waals surface area (Å²) in [5.41, 5.74) is 1.28. The van der Waals surface area contributed by atoms with Gasteiger partial charge in [-0.1, -0.05) is 114 Å². The zero-order valence-electron chi connectivity index (χ0n) is 26.8. The molecule has 0 saturated heterocycles. The van der Waals surface area contributed by atoms with Crippen LogP contribution < -0.4 is 0 Å². The van der Waals surface area contributed by atoms with E-state index in [1.807, 2.05) is 0 Å². The number of hydrogen-bond acceptors (Lipinski definition) is 0. The number of allylic oxidation sites excluding steroid dienone is 2. The highest BCUT2D eigenvalue weighted by molar-refractivity contribution is 5.00. The van der Waals surface area contributed by atoms with E-state index in [9.17, 15) is 8.78 Å². The summed E-state index contributed by atoms with van der Waals surface area (Å²) in [7, 11) is 0. The Balaban J connectivity index is -0.000000460. The molecular weight excluding hydrogens is 446 g/mol. The minimum Gasteiger partial charge on any atom is -0.207 e. The fourth-order valence-electron chi connectivity index (χ4n) is 3.19. The molecule has 0 unspecified atom stereocenters. The van der Waals surface area contributed by atoms with E-state index in [0.717, 1.165) is 32.6 Å². The van der Waals surface area contributed by atoms with Gasteiger partial charge in [0, 0.05) is 19.3 Å². The molecule has 36 heavy (non-hydrogen) atoms. The van der Waals surface area contributed by atoms with Crippen LogP contribution in [0.1, 0.15) is 173 Å². The van der Waals surface area contributed by atoms with Crippen molar-refractivity contribution in [3.05, 3.63) is 12.2 Å². The lowest BCUT2D eigenvalue weighted by atomic mass is 9.89. The van der Waals surface area contributed by atoms with Crippen LogP contribution in [0.4, 0.5) is 8.78 Å². The van der Waals surface area contributed by atoms with Crippen molar-refractivity contribution in [2.24, 2.45) is 16.2 Å². The zero-order valence-corrected chi connectivity index (χ0v) is 26.8. The van der Waals surface area contributed by atoms with Crippen LogP contribution in [-0.2, 0) is 0 Å². The molecule has 0 aliphatic carbocycles. The zero-order chi connectivity index (χ0) is 28.7. The van der Waals surface area contributed by atoms with E-state index < -0.39 is 5.92 Å². The maximum atomic E-state index is 12.4. The van der Waals surface area contributed by atoms with Gasteiger partial charge in [-0.3, -0.25) is 0 Å². The van der Waals surface area contributed by atoms with Gasteiger partial charge in [0.2, 0.25) is 5.92 Å². The number of alkyl halides is 2. The predicted octanol–water partition coefficient (Wildman–Crippen LogP) is 12.8.